The zero-order chi connectivity index (χ0) is 19.3. The van der Waals surface area contributed by atoms with E-state index in [-0.39, 0.29) is 11.3 Å². The number of aryl methyl sites for hydroxylation is 3. The highest BCUT2D eigenvalue weighted by Gasteiger charge is 2.16. The summed E-state index contributed by atoms with van der Waals surface area (Å²) >= 11 is 0. The lowest BCUT2D eigenvalue weighted by atomic mass is 10.0. The summed E-state index contributed by atoms with van der Waals surface area (Å²) in [5, 5.41) is 0. The molecule has 0 aliphatic heterocycles. The first-order chi connectivity index (χ1) is 12.2. The minimum atomic E-state index is -3.61. The second-order valence-electron chi connectivity index (χ2n) is 6.39. The number of nitrogens with one attached hydrogen (secondary N) is 1. The molecule has 2 aromatic rings. The molecule has 0 bridgehead atoms. The van der Waals surface area contributed by atoms with E-state index in [0.717, 1.165) is 22.3 Å². The molecule has 2 aromatic carbocycles. The van der Waals surface area contributed by atoms with E-state index in [1.54, 1.807) is 25.1 Å². The van der Waals surface area contributed by atoms with Crippen LogP contribution in [0.2, 0.25) is 0 Å². The number of hydrogen-bond acceptors (Lipinski definition) is 4. The largest absolute Gasteiger partial charge is 0.489 e. The zero-order valence-electron chi connectivity index (χ0n) is 15.6. The first-order valence-electron chi connectivity index (χ1n) is 8.57. The van der Waals surface area contributed by atoms with Crippen LogP contribution < -0.4 is 9.46 Å². The molecule has 0 radical (unpaired) electrons. The molecule has 6 heteroatoms. The predicted octanol–water partition coefficient (Wildman–Crippen LogP) is 3.66. The number of rotatable bonds is 7. The fourth-order valence-corrected chi connectivity index (χ4v) is 3.68. The number of hydrogen-bond donors (Lipinski definition) is 1. The molecule has 5 nitrogen and oxygen atoms in total. The van der Waals surface area contributed by atoms with Gasteiger partial charge in [-0.3, -0.25) is 4.79 Å². The molecule has 1 N–H and O–H groups in total. The van der Waals surface area contributed by atoms with Gasteiger partial charge in [0.15, 0.2) is 0 Å². The molecule has 1 amide bonds. The molecule has 0 spiro atoms. The molecule has 0 aliphatic rings. The molecule has 2 rings (SSSR count). The second kappa shape index (κ2) is 8.36. The molecular formula is C20H25NO4S. The quantitative estimate of drug-likeness (QED) is 0.802. The van der Waals surface area contributed by atoms with Crippen molar-refractivity contribution in [2.24, 2.45) is 0 Å². The Balaban J connectivity index is 2.18. The van der Waals surface area contributed by atoms with Gasteiger partial charge in [-0.2, -0.15) is 0 Å². The lowest BCUT2D eigenvalue weighted by molar-refractivity contribution is 0.0981. The summed E-state index contributed by atoms with van der Waals surface area (Å²) < 4.78 is 31.6. The molecule has 0 fully saturated rings. The van der Waals surface area contributed by atoms with Crippen molar-refractivity contribution in [1.29, 1.82) is 0 Å². The monoisotopic (exact) mass is 375 g/mol. The maximum absolute atomic E-state index is 12.2. The van der Waals surface area contributed by atoms with Crippen molar-refractivity contribution in [1.82, 2.24) is 4.72 Å². The average Bonchev–Trinajstić information content (AvgIpc) is 2.55. The SMILES string of the molecule is CCCS(=O)(=O)NC(=O)c1ccc(C)c(OCc2c(C)cccc2C)c1. The van der Waals surface area contributed by atoms with Crippen molar-refractivity contribution in [3.8, 4) is 5.75 Å². The highest BCUT2D eigenvalue weighted by Crippen LogP contribution is 2.23. The Labute approximate surface area is 155 Å². The smallest absolute Gasteiger partial charge is 0.264 e. The number of carbonyl (C=O) groups excluding carboxylic acids is 1. The topological polar surface area (TPSA) is 72.5 Å². The van der Waals surface area contributed by atoms with Crippen LogP contribution >= 0.6 is 0 Å². The van der Waals surface area contributed by atoms with Crippen molar-refractivity contribution in [3.05, 3.63) is 64.2 Å². The normalized spacial score (nSPS) is 11.2. The minimum Gasteiger partial charge on any atom is -0.489 e. The van der Waals surface area contributed by atoms with Crippen molar-refractivity contribution in [2.45, 2.75) is 40.7 Å². The van der Waals surface area contributed by atoms with Gasteiger partial charge in [0.25, 0.3) is 5.91 Å². The van der Waals surface area contributed by atoms with Gasteiger partial charge >= 0.3 is 0 Å². The third-order valence-electron chi connectivity index (χ3n) is 4.19. The van der Waals surface area contributed by atoms with Gasteiger partial charge in [0.1, 0.15) is 12.4 Å². The Morgan fingerprint density at radius 2 is 1.69 bits per heavy atom. The third kappa shape index (κ3) is 5.08. The fraction of sp³-hybridized carbons (Fsp3) is 0.350. The molecule has 26 heavy (non-hydrogen) atoms. The fourth-order valence-electron chi connectivity index (χ4n) is 2.64. The highest BCUT2D eigenvalue weighted by atomic mass is 32.2. The second-order valence-corrected chi connectivity index (χ2v) is 8.23. The summed E-state index contributed by atoms with van der Waals surface area (Å²) in [5.74, 6) is -0.163. The van der Waals surface area contributed by atoms with E-state index in [1.807, 2.05) is 39.0 Å². The number of ether oxygens (including phenoxy) is 1. The standard InChI is InChI=1S/C20H25NO4S/c1-5-11-26(23,24)21-20(22)17-10-9-16(4)19(12-17)25-13-18-14(2)7-6-8-15(18)3/h6-10,12H,5,11,13H2,1-4H3,(H,21,22). The molecule has 0 saturated carbocycles. The van der Waals surface area contributed by atoms with Crippen LogP contribution in [0.1, 0.15) is 46.0 Å². The van der Waals surface area contributed by atoms with Crippen LogP contribution in [0, 0.1) is 20.8 Å². The summed E-state index contributed by atoms with van der Waals surface area (Å²) in [6.07, 6.45) is 0.445. The Morgan fingerprint density at radius 3 is 2.31 bits per heavy atom. The number of benzene rings is 2. The van der Waals surface area contributed by atoms with E-state index in [0.29, 0.717) is 18.8 Å². The van der Waals surface area contributed by atoms with E-state index in [4.69, 9.17) is 4.74 Å². The maximum Gasteiger partial charge on any atom is 0.264 e. The van der Waals surface area contributed by atoms with Gasteiger partial charge in [0.05, 0.1) is 5.75 Å². The Hall–Kier alpha value is -2.34. The van der Waals surface area contributed by atoms with Gasteiger partial charge < -0.3 is 4.74 Å². The number of sulfonamides is 1. The molecule has 140 valence electrons. The number of carbonyl (C=O) groups is 1. The van der Waals surface area contributed by atoms with Crippen molar-refractivity contribution < 1.29 is 17.9 Å². The molecule has 0 aliphatic carbocycles. The van der Waals surface area contributed by atoms with Crippen LogP contribution in [0.3, 0.4) is 0 Å². The molecular weight excluding hydrogens is 350 g/mol. The molecule has 0 aromatic heterocycles. The van der Waals surface area contributed by atoms with Crippen LogP contribution in [-0.2, 0) is 16.6 Å². The van der Waals surface area contributed by atoms with Gasteiger partial charge in [-0.1, -0.05) is 31.2 Å². The van der Waals surface area contributed by atoms with Gasteiger partial charge in [-0.05, 0) is 61.6 Å². The van der Waals surface area contributed by atoms with E-state index >= 15 is 0 Å². The van der Waals surface area contributed by atoms with E-state index in [9.17, 15) is 13.2 Å². The molecule has 0 saturated heterocycles. The van der Waals surface area contributed by atoms with Gasteiger partial charge in [-0.15, -0.1) is 0 Å². The Kier molecular flexibility index (Phi) is 6.42. The van der Waals surface area contributed by atoms with Gasteiger partial charge in [0, 0.05) is 5.56 Å². The van der Waals surface area contributed by atoms with Gasteiger partial charge in [0.2, 0.25) is 10.0 Å². The predicted molar refractivity (Wildman–Crippen MR) is 103 cm³/mol. The van der Waals surface area contributed by atoms with E-state index in [2.05, 4.69) is 4.72 Å². The first kappa shape index (κ1) is 20.0. The lowest BCUT2D eigenvalue weighted by Crippen LogP contribution is -2.32. The Morgan fingerprint density at radius 1 is 1.04 bits per heavy atom. The van der Waals surface area contributed by atoms with Gasteiger partial charge in [-0.25, -0.2) is 13.1 Å². The van der Waals surface area contributed by atoms with Crippen molar-refractivity contribution in [2.75, 3.05) is 5.75 Å². The maximum atomic E-state index is 12.2. The summed E-state index contributed by atoms with van der Waals surface area (Å²) in [6.45, 7) is 8.07. The molecule has 0 atom stereocenters. The zero-order valence-corrected chi connectivity index (χ0v) is 16.4. The van der Waals surface area contributed by atoms with E-state index < -0.39 is 15.9 Å². The van der Waals surface area contributed by atoms with Crippen LogP contribution in [0.25, 0.3) is 0 Å². The van der Waals surface area contributed by atoms with Crippen LogP contribution in [-0.4, -0.2) is 20.1 Å². The van der Waals surface area contributed by atoms with Crippen molar-refractivity contribution in [3.63, 3.8) is 0 Å². The van der Waals surface area contributed by atoms with Crippen molar-refractivity contribution >= 4 is 15.9 Å². The molecule has 0 heterocycles. The summed E-state index contributed by atoms with van der Waals surface area (Å²) in [7, 11) is -3.61. The summed E-state index contributed by atoms with van der Waals surface area (Å²) in [4.78, 5) is 12.2. The number of amides is 1. The Bertz CT molecular complexity index is 884. The summed E-state index contributed by atoms with van der Waals surface area (Å²) in [6, 6.07) is 11.0. The molecule has 0 unspecified atom stereocenters. The van der Waals surface area contributed by atoms with Crippen LogP contribution in [0.4, 0.5) is 0 Å². The minimum absolute atomic E-state index is 0.0828. The van der Waals surface area contributed by atoms with Crippen LogP contribution in [0.5, 0.6) is 5.75 Å². The van der Waals surface area contributed by atoms with Crippen LogP contribution in [0.15, 0.2) is 36.4 Å². The highest BCUT2D eigenvalue weighted by molar-refractivity contribution is 7.90. The third-order valence-corrected chi connectivity index (χ3v) is 5.63. The van der Waals surface area contributed by atoms with E-state index in [1.165, 1.54) is 0 Å². The first-order valence-corrected chi connectivity index (χ1v) is 10.2. The summed E-state index contributed by atoms with van der Waals surface area (Å²) in [5.41, 5.74) is 4.52. The lowest BCUT2D eigenvalue weighted by Gasteiger charge is -2.14. The average molecular weight is 375 g/mol.